The third-order valence-electron chi connectivity index (χ3n) is 3.88. The highest BCUT2D eigenvalue weighted by Crippen LogP contribution is 2.22. The molecule has 0 aliphatic carbocycles. The van der Waals surface area contributed by atoms with Crippen LogP contribution in [-0.4, -0.2) is 29.9 Å². The first-order chi connectivity index (χ1) is 9.20. The van der Waals surface area contributed by atoms with E-state index in [4.69, 9.17) is 5.73 Å². The second kappa shape index (κ2) is 8.28. The summed E-state index contributed by atoms with van der Waals surface area (Å²) in [5.41, 5.74) is 8.09. The van der Waals surface area contributed by atoms with E-state index in [0.717, 1.165) is 32.2 Å². The summed E-state index contributed by atoms with van der Waals surface area (Å²) in [6.45, 7) is 3.62. The Kier molecular flexibility index (Phi) is 7.03. The average molecular weight is 297 g/mol. The van der Waals surface area contributed by atoms with Crippen molar-refractivity contribution in [3.8, 4) is 0 Å². The number of likely N-dealkylation sites (tertiary alicyclic amines) is 1. The fraction of sp³-hybridized carbons (Fsp3) is 0.562. The van der Waals surface area contributed by atoms with Crippen LogP contribution >= 0.6 is 12.4 Å². The smallest absolute Gasteiger partial charge is 0.222 e. The quantitative estimate of drug-likeness (QED) is 0.908. The molecule has 2 N–H and O–H groups in total. The Balaban J connectivity index is 0.00000200. The summed E-state index contributed by atoms with van der Waals surface area (Å²) in [7, 11) is 0. The van der Waals surface area contributed by atoms with Crippen molar-refractivity contribution in [2.45, 2.75) is 45.1 Å². The van der Waals surface area contributed by atoms with E-state index >= 15 is 0 Å². The number of halogens is 1. The van der Waals surface area contributed by atoms with E-state index in [1.54, 1.807) is 0 Å². The van der Waals surface area contributed by atoms with Crippen LogP contribution in [0.1, 0.15) is 36.8 Å². The van der Waals surface area contributed by atoms with E-state index in [9.17, 15) is 4.79 Å². The Morgan fingerprint density at radius 2 is 2.05 bits per heavy atom. The molecule has 1 aliphatic heterocycles. The normalized spacial score (nSPS) is 17.9. The van der Waals surface area contributed by atoms with Gasteiger partial charge in [0.25, 0.3) is 0 Å². The molecule has 1 fully saturated rings. The lowest BCUT2D eigenvalue weighted by Gasteiger charge is -2.25. The van der Waals surface area contributed by atoms with E-state index in [-0.39, 0.29) is 18.3 Å². The largest absolute Gasteiger partial charge is 0.339 e. The standard InChI is InChI=1S/C16H24N2O.ClH/c1-13-6-8-14(9-7-13)12-15-4-3-11-18(15)16(19)5-2-10-17;/h6-9,15H,2-5,10-12,17H2,1H3;1H. The van der Waals surface area contributed by atoms with Gasteiger partial charge < -0.3 is 10.6 Å². The summed E-state index contributed by atoms with van der Waals surface area (Å²) in [5, 5.41) is 0. The predicted molar refractivity (Wildman–Crippen MR) is 85.2 cm³/mol. The minimum absolute atomic E-state index is 0. The van der Waals surface area contributed by atoms with Gasteiger partial charge >= 0.3 is 0 Å². The molecule has 112 valence electrons. The van der Waals surface area contributed by atoms with Crippen LogP contribution in [0, 0.1) is 6.92 Å². The highest BCUT2D eigenvalue weighted by Gasteiger charge is 2.27. The van der Waals surface area contributed by atoms with Gasteiger partial charge in [-0.05, 0) is 44.7 Å². The molecular weight excluding hydrogens is 272 g/mol. The molecule has 1 saturated heterocycles. The van der Waals surface area contributed by atoms with Crippen molar-refractivity contribution in [2.75, 3.05) is 13.1 Å². The van der Waals surface area contributed by atoms with Gasteiger partial charge in [-0.25, -0.2) is 0 Å². The van der Waals surface area contributed by atoms with Crippen molar-refractivity contribution in [3.63, 3.8) is 0 Å². The van der Waals surface area contributed by atoms with Gasteiger partial charge in [-0.1, -0.05) is 29.8 Å². The summed E-state index contributed by atoms with van der Waals surface area (Å²) < 4.78 is 0. The molecule has 0 bridgehead atoms. The molecule has 0 saturated carbocycles. The number of rotatable bonds is 5. The van der Waals surface area contributed by atoms with Crippen LogP contribution in [-0.2, 0) is 11.2 Å². The van der Waals surface area contributed by atoms with Crippen LogP contribution < -0.4 is 5.73 Å². The van der Waals surface area contributed by atoms with Gasteiger partial charge in [0.05, 0.1) is 0 Å². The van der Waals surface area contributed by atoms with E-state index in [0.29, 0.717) is 19.0 Å². The van der Waals surface area contributed by atoms with Crippen LogP contribution in [0.2, 0.25) is 0 Å². The summed E-state index contributed by atoms with van der Waals surface area (Å²) in [6.07, 6.45) is 4.63. The van der Waals surface area contributed by atoms with Crippen LogP contribution in [0.5, 0.6) is 0 Å². The second-order valence-electron chi connectivity index (χ2n) is 5.47. The van der Waals surface area contributed by atoms with Crippen molar-refractivity contribution in [1.82, 2.24) is 4.90 Å². The number of nitrogens with two attached hydrogens (primary N) is 1. The lowest BCUT2D eigenvalue weighted by atomic mass is 10.0. The van der Waals surface area contributed by atoms with Gasteiger partial charge in [0.15, 0.2) is 0 Å². The van der Waals surface area contributed by atoms with Crippen molar-refractivity contribution in [3.05, 3.63) is 35.4 Å². The molecular formula is C16H25ClN2O. The van der Waals surface area contributed by atoms with Crippen molar-refractivity contribution < 1.29 is 4.79 Å². The third-order valence-corrected chi connectivity index (χ3v) is 3.88. The minimum atomic E-state index is 0. The number of nitrogens with zero attached hydrogens (tertiary/aromatic N) is 1. The second-order valence-corrected chi connectivity index (χ2v) is 5.47. The SMILES string of the molecule is Cc1ccc(CC2CCCN2C(=O)CCCN)cc1.Cl. The molecule has 1 atom stereocenters. The van der Waals surface area contributed by atoms with Gasteiger partial charge in [-0.15, -0.1) is 12.4 Å². The molecule has 1 unspecified atom stereocenters. The number of aryl methyl sites for hydroxylation is 1. The molecule has 1 heterocycles. The zero-order valence-corrected chi connectivity index (χ0v) is 13.0. The van der Waals surface area contributed by atoms with Gasteiger partial charge in [-0.2, -0.15) is 0 Å². The predicted octanol–water partition coefficient (Wildman–Crippen LogP) is 2.69. The fourth-order valence-electron chi connectivity index (χ4n) is 2.77. The Morgan fingerprint density at radius 3 is 2.70 bits per heavy atom. The first-order valence-electron chi connectivity index (χ1n) is 7.26. The molecule has 20 heavy (non-hydrogen) atoms. The lowest BCUT2D eigenvalue weighted by molar-refractivity contribution is -0.132. The number of benzene rings is 1. The molecule has 0 spiro atoms. The third kappa shape index (κ3) is 4.50. The molecule has 1 aromatic rings. The number of hydrogen-bond donors (Lipinski definition) is 1. The maximum Gasteiger partial charge on any atom is 0.222 e. The van der Waals surface area contributed by atoms with Crippen LogP contribution in [0.4, 0.5) is 0 Å². The van der Waals surface area contributed by atoms with Crippen LogP contribution in [0.15, 0.2) is 24.3 Å². The van der Waals surface area contributed by atoms with Gasteiger partial charge in [0, 0.05) is 19.0 Å². The number of carbonyl (C=O) groups is 1. The maximum absolute atomic E-state index is 12.1. The molecule has 1 aliphatic rings. The van der Waals surface area contributed by atoms with E-state index in [2.05, 4.69) is 36.1 Å². The number of carbonyl (C=O) groups excluding carboxylic acids is 1. The highest BCUT2D eigenvalue weighted by atomic mass is 35.5. The van der Waals surface area contributed by atoms with Crippen molar-refractivity contribution in [1.29, 1.82) is 0 Å². The summed E-state index contributed by atoms with van der Waals surface area (Å²) >= 11 is 0. The Morgan fingerprint density at radius 1 is 1.35 bits per heavy atom. The molecule has 0 aromatic heterocycles. The molecule has 0 radical (unpaired) electrons. The van der Waals surface area contributed by atoms with Gasteiger partial charge in [0.1, 0.15) is 0 Å². The molecule has 2 rings (SSSR count). The Labute approximate surface area is 127 Å². The van der Waals surface area contributed by atoms with E-state index < -0.39 is 0 Å². The maximum atomic E-state index is 12.1. The van der Waals surface area contributed by atoms with Crippen LogP contribution in [0.25, 0.3) is 0 Å². The van der Waals surface area contributed by atoms with E-state index in [1.165, 1.54) is 11.1 Å². The molecule has 1 aromatic carbocycles. The van der Waals surface area contributed by atoms with E-state index in [1.807, 2.05) is 0 Å². The zero-order chi connectivity index (χ0) is 13.7. The summed E-state index contributed by atoms with van der Waals surface area (Å²) in [4.78, 5) is 14.2. The Hall–Kier alpha value is -1.06. The zero-order valence-electron chi connectivity index (χ0n) is 12.2. The summed E-state index contributed by atoms with van der Waals surface area (Å²) in [5.74, 6) is 0.278. The minimum Gasteiger partial charge on any atom is -0.339 e. The van der Waals surface area contributed by atoms with Crippen molar-refractivity contribution in [2.24, 2.45) is 5.73 Å². The molecule has 3 nitrogen and oxygen atoms in total. The summed E-state index contributed by atoms with van der Waals surface area (Å²) in [6, 6.07) is 9.02. The topological polar surface area (TPSA) is 46.3 Å². The molecule has 1 amide bonds. The number of hydrogen-bond acceptors (Lipinski definition) is 2. The first kappa shape index (κ1) is 17.0. The monoisotopic (exact) mass is 296 g/mol. The fourth-order valence-corrected chi connectivity index (χ4v) is 2.77. The Bertz CT molecular complexity index is 419. The lowest BCUT2D eigenvalue weighted by Crippen LogP contribution is -2.36. The number of amides is 1. The first-order valence-corrected chi connectivity index (χ1v) is 7.26. The van der Waals surface area contributed by atoms with Crippen LogP contribution in [0.3, 0.4) is 0 Å². The van der Waals surface area contributed by atoms with Gasteiger partial charge in [0.2, 0.25) is 5.91 Å². The van der Waals surface area contributed by atoms with Gasteiger partial charge in [-0.3, -0.25) is 4.79 Å². The molecule has 4 heteroatoms. The van der Waals surface area contributed by atoms with Crippen molar-refractivity contribution >= 4 is 18.3 Å². The highest BCUT2D eigenvalue weighted by molar-refractivity contribution is 5.85. The average Bonchev–Trinajstić information content (AvgIpc) is 2.87.